The van der Waals surface area contributed by atoms with E-state index >= 15 is 0 Å². The fourth-order valence-corrected chi connectivity index (χ4v) is 3.32. The van der Waals surface area contributed by atoms with Gasteiger partial charge < -0.3 is 20.8 Å². The van der Waals surface area contributed by atoms with Crippen LogP contribution in [0.15, 0.2) is 64.6 Å². The van der Waals surface area contributed by atoms with Crippen molar-refractivity contribution in [3.8, 4) is 5.88 Å². The number of hydrogen-bond donors (Lipinski definition) is 3. The molecule has 1 amide bonds. The van der Waals surface area contributed by atoms with E-state index < -0.39 is 5.91 Å². The Kier molecular flexibility index (Phi) is 10.5. The fourth-order valence-electron chi connectivity index (χ4n) is 3.32. The number of allylic oxidation sites excluding steroid dienone is 2. The van der Waals surface area contributed by atoms with Crippen LogP contribution in [0.5, 0.6) is 0 Å². The molecular weight excluding hydrogens is 428 g/mol. The second kappa shape index (κ2) is 13.3. The van der Waals surface area contributed by atoms with E-state index in [2.05, 4.69) is 34.6 Å². The van der Waals surface area contributed by atoms with Crippen molar-refractivity contribution < 1.29 is 9.21 Å². The maximum absolute atomic E-state index is 12.9. The summed E-state index contributed by atoms with van der Waals surface area (Å²) < 4.78 is 7.36. The average molecular weight is 467 g/mol. The first-order chi connectivity index (χ1) is 16.4. The highest BCUT2D eigenvalue weighted by atomic mass is 16.4. The minimum absolute atomic E-state index is 0.0263. The van der Waals surface area contributed by atoms with E-state index in [1.807, 2.05) is 64.1 Å². The number of oxazole rings is 1. The SMILES string of the molecule is C/C=C(NCCCC(C)N)\C(=C/C(C)C)NC(=O)c1ncc(-n2ncc3ccccc32)o1.CC. The van der Waals surface area contributed by atoms with Gasteiger partial charge in [0.05, 0.1) is 29.3 Å². The molecule has 0 aliphatic rings. The van der Waals surface area contributed by atoms with Gasteiger partial charge in [-0.05, 0) is 38.7 Å². The van der Waals surface area contributed by atoms with Crippen molar-refractivity contribution in [2.24, 2.45) is 11.7 Å². The number of amides is 1. The molecule has 4 N–H and O–H groups in total. The molecule has 0 aliphatic carbocycles. The van der Waals surface area contributed by atoms with Gasteiger partial charge in [0.1, 0.15) is 0 Å². The molecule has 0 spiro atoms. The summed E-state index contributed by atoms with van der Waals surface area (Å²) in [6.07, 6.45) is 9.06. The Labute approximate surface area is 202 Å². The van der Waals surface area contributed by atoms with Crippen LogP contribution in [0.1, 0.15) is 65.1 Å². The minimum Gasteiger partial charge on any atom is -0.414 e. The molecule has 3 rings (SSSR count). The zero-order valence-electron chi connectivity index (χ0n) is 21.1. The van der Waals surface area contributed by atoms with Crippen molar-refractivity contribution in [2.75, 3.05) is 6.54 Å². The first-order valence-corrected chi connectivity index (χ1v) is 12.0. The molecule has 1 atom stereocenters. The van der Waals surface area contributed by atoms with Gasteiger partial charge in [0, 0.05) is 18.0 Å². The van der Waals surface area contributed by atoms with Crippen molar-refractivity contribution in [3.63, 3.8) is 0 Å². The van der Waals surface area contributed by atoms with Crippen LogP contribution in [-0.4, -0.2) is 33.3 Å². The largest absolute Gasteiger partial charge is 0.414 e. The number of nitrogens with two attached hydrogens (primary N) is 1. The average Bonchev–Trinajstić information content (AvgIpc) is 3.47. The number of aromatic nitrogens is 3. The molecular formula is C26H38N6O2. The molecule has 1 unspecified atom stereocenters. The zero-order chi connectivity index (χ0) is 25.1. The topological polar surface area (TPSA) is 111 Å². The normalized spacial score (nSPS) is 12.9. The van der Waals surface area contributed by atoms with Gasteiger partial charge in [-0.2, -0.15) is 9.78 Å². The molecule has 34 heavy (non-hydrogen) atoms. The van der Waals surface area contributed by atoms with Crippen LogP contribution in [0.4, 0.5) is 0 Å². The predicted molar refractivity (Wildman–Crippen MR) is 138 cm³/mol. The molecule has 8 nitrogen and oxygen atoms in total. The third-order valence-corrected chi connectivity index (χ3v) is 4.85. The molecule has 2 aromatic heterocycles. The molecule has 0 saturated heterocycles. The molecule has 8 heteroatoms. The van der Waals surface area contributed by atoms with Crippen LogP contribution in [0.2, 0.25) is 0 Å². The van der Waals surface area contributed by atoms with E-state index in [9.17, 15) is 4.79 Å². The Hall–Kier alpha value is -3.39. The highest BCUT2D eigenvalue weighted by molar-refractivity contribution is 5.91. The Morgan fingerprint density at radius 2 is 1.91 bits per heavy atom. The van der Waals surface area contributed by atoms with Gasteiger partial charge in [0.25, 0.3) is 5.89 Å². The van der Waals surface area contributed by atoms with E-state index in [-0.39, 0.29) is 17.9 Å². The van der Waals surface area contributed by atoms with Crippen molar-refractivity contribution in [1.82, 2.24) is 25.4 Å². The lowest BCUT2D eigenvalue weighted by molar-refractivity contribution is 0.0931. The number of fused-ring (bicyclic) bond motifs is 1. The first kappa shape index (κ1) is 26.9. The molecule has 184 valence electrons. The van der Waals surface area contributed by atoms with Gasteiger partial charge in [-0.25, -0.2) is 4.98 Å². The van der Waals surface area contributed by atoms with E-state index in [1.165, 1.54) is 6.20 Å². The molecule has 2 heterocycles. The number of benzene rings is 1. The standard InChI is InChI=1S/C24H32N6O2.C2H6/c1-5-19(26-12-8-9-17(4)25)20(13-16(2)3)29-23(31)24-27-15-22(32-24)30-21-11-7-6-10-18(21)14-28-30;1-2/h5-7,10-11,13-17,26H,8-9,12,25H2,1-4H3,(H,29,31);1-2H3/b19-5+,20-13+;. The van der Waals surface area contributed by atoms with Crippen molar-refractivity contribution >= 4 is 16.8 Å². The predicted octanol–water partition coefficient (Wildman–Crippen LogP) is 4.93. The number of nitrogens with one attached hydrogen (secondary N) is 2. The monoisotopic (exact) mass is 466 g/mol. The number of carbonyl (C=O) groups is 1. The van der Waals surface area contributed by atoms with E-state index in [0.717, 1.165) is 36.0 Å². The lowest BCUT2D eigenvalue weighted by Gasteiger charge is -2.16. The second-order valence-corrected chi connectivity index (χ2v) is 8.15. The molecule has 0 saturated carbocycles. The first-order valence-electron chi connectivity index (χ1n) is 12.0. The third kappa shape index (κ3) is 7.31. The quantitative estimate of drug-likeness (QED) is 0.289. The summed E-state index contributed by atoms with van der Waals surface area (Å²) in [6, 6.07) is 7.93. The molecule has 0 radical (unpaired) electrons. The van der Waals surface area contributed by atoms with Gasteiger partial charge >= 0.3 is 5.91 Å². The number of hydrogen-bond acceptors (Lipinski definition) is 6. The van der Waals surface area contributed by atoms with Crippen LogP contribution in [-0.2, 0) is 0 Å². The van der Waals surface area contributed by atoms with Gasteiger partial charge in [-0.3, -0.25) is 4.79 Å². The summed E-state index contributed by atoms with van der Waals surface area (Å²) in [5.74, 6) is 0.172. The van der Waals surface area contributed by atoms with Crippen LogP contribution >= 0.6 is 0 Å². The summed E-state index contributed by atoms with van der Waals surface area (Å²) >= 11 is 0. The minimum atomic E-state index is -0.420. The van der Waals surface area contributed by atoms with Crippen LogP contribution in [0.25, 0.3) is 16.8 Å². The zero-order valence-corrected chi connectivity index (χ0v) is 21.1. The van der Waals surface area contributed by atoms with Gasteiger partial charge in [-0.15, -0.1) is 0 Å². The molecule has 0 bridgehead atoms. The van der Waals surface area contributed by atoms with E-state index in [1.54, 1.807) is 10.9 Å². The molecule has 3 aromatic rings. The van der Waals surface area contributed by atoms with E-state index in [0.29, 0.717) is 11.6 Å². The molecule has 0 fully saturated rings. The van der Waals surface area contributed by atoms with Crippen LogP contribution in [0, 0.1) is 5.92 Å². The van der Waals surface area contributed by atoms with Crippen molar-refractivity contribution in [3.05, 3.63) is 66.1 Å². The highest BCUT2D eigenvalue weighted by Crippen LogP contribution is 2.19. The van der Waals surface area contributed by atoms with Crippen molar-refractivity contribution in [2.45, 2.75) is 60.4 Å². The second-order valence-electron chi connectivity index (χ2n) is 8.15. The molecule has 0 aliphatic heterocycles. The molecule has 1 aromatic carbocycles. The van der Waals surface area contributed by atoms with Gasteiger partial charge in [-0.1, -0.05) is 58.0 Å². The van der Waals surface area contributed by atoms with Gasteiger partial charge in [0.15, 0.2) is 0 Å². The Morgan fingerprint density at radius 1 is 1.18 bits per heavy atom. The summed E-state index contributed by atoms with van der Waals surface area (Å²) in [6.45, 7) is 12.8. The Bertz CT molecular complexity index is 1110. The Balaban J connectivity index is 0.00000199. The number of rotatable bonds is 10. The maximum atomic E-state index is 12.9. The van der Waals surface area contributed by atoms with Crippen molar-refractivity contribution in [1.29, 1.82) is 0 Å². The van der Waals surface area contributed by atoms with Gasteiger partial charge in [0.2, 0.25) is 5.88 Å². The maximum Gasteiger partial charge on any atom is 0.311 e. The lowest BCUT2D eigenvalue weighted by atomic mass is 10.1. The van der Waals surface area contributed by atoms with E-state index in [4.69, 9.17) is 10.2 Å². The smallest absolute Gasteiger partial charge is 0.311 e. The van der Waals surface area contributed by atoms with Crippen LogP contribution < -0.4 is 16.4 Å². The fraction of sp³-hybridized carbons (Fsp3) is 0.423. The Morgan fingerprint density at radius 3 is 2.59 bits per heavy atom. The summed E-state index contributed by atoms with van der Waals surface area (Å²) in [5.41, 5.74) is 8.25. The summed E-state index contributed by atoms with van der Waals surface area (Å²) in [4.78, 5) is 17.1. The number of para-hydroxylation sites is 1. The number of carbonyl (C=O) groups excluding carboxylic acids is 1. The van der Waals surface area contributed by atoms with Crippen LogP contribution in [0.3, 0.4) is 0 Å². The summed E-state index contributed by atoms with van der Waals surface area (Å²) in [7, 11) is 0. The third-order valence-electron chi connectivity index (χ3n) is 4.85. The summed E-state index contributed by atoms with van der Waals surface area (Å²) in [5, 5.41) is 11.7. The highest BCUT2D eigenvalue weighted by Gasteiger charge is 2.18. The lowest BCUT2D eigenvalue weighted by Crippen LogP contribution is -2.30. The number of nitrogens with zero attached hydrogens (tertiary/aromatic N) is 3.